The van der Waals surface area contributed by atoms with Gasteiger partial charge in [-0.05, 0) is 36.1 Å². The Morgan fingerprint density at radius 2 is 2.29 bits per heavy atom. The van der Waals surface area contributed by atoms with Gasteiger partial charge < -0.3 is 16.2 Å². The van der Waals surface area contributed by atoms with Crippen molar-refractivity contribution in [3.05, 3.63) is 23.8 Å². The first-order valence-electron chi connectivity index (χ1n) is 5.40. The molecule has 0 radical (unpaired) electrons. The van der Waals surface area contributed by atoms with Gasteiger partial charge in [-0.2, -0.15) is 11.8 Å². The summed E-state index contributed by atoms with van der Waals surface area (Å²) in [4.78, 5) is 10.8. The third kappa shape index (κ3) is 4.19. The molecule has 1 atom stereocenters. The average Bonchev–Trinajstić information content (AvgIpc) is 2.28. The molecular weight excluding hydrogens is 236 g/mol. The lowest BCUT2D eigenvalue weighted by Gasteiger charge is -2.14. The number of nitrogens with two attached hydrogens (primary N) is 1. The molecule has 0 saturated heterocycles. The zero-order valence-corrected chi connectivity index (χ0v) is 10.9. The number of aromatic carboxylic acids is 1. The van der Waals surface area contributed by atoms with Crippen LogP contribution in [0.5, 0.6) is 0 Å². The number of carboxylic acids is 1. The minimum Gasteiger partial charge on any atom is -0.478 e. The molecule has 0 aromatic heterocycles. The summed E-state index contributed by atoms with van der Waals surface area (Å²) in [5.74, 6) is 0.633. The molecule has 0 aliphatic rings. The van der Waals surface area contributed by atoms with Crippen molar-refractivity contribution in [1.29, 1.82) is 0 Å². The highest BCUT2D eigenvalue weighted by Gasteiger charge is 2.07. The second-order valence-corrected chi connectivity index (χ2v) is 4.96. The minimum absolute atomic E-state index is 0.249. The van der Waals surface area contributed by atoms with E-state index in [4.69, 9.17) is 10.8 Å². The highest BCUT2D eigenvalue weighted by molar-refractivity contribution is 7.98. The van der Waals surface area contributed by atoms with E-state index in [1.807, 2.05) is 0 Å². The van der Waals surface area contributed by atoms with Crippen molar-refractivity contribution in [3.63, 3.8) is 0 Å². The Kier molecular flexibility index (Phi) is 5.15. The predicted octanol–water partition coefficient (Wildman–Crippen LogP) is 2.38. The number of anilines is 2. The fourth-order valence-electron chi connectivity index (χ4n) is 1.47. The van der Waals surface area contributed by atoms with Crippen molar-refractivity contribution >= 4 is 29.1 Å². The molecule has 0 aliphatic carbocycles. The van der Waals surface area contributed by atoms with Gasteiger partial charge in [0, 0.05) is 6.54 Å². The smallest absolute Gasteiger partial charge is 0.335 e. The van der Waals surface area contributed by atoms with Crippen molar-refractivity contribution in [2.45, 2.75) is 6.92 Å². The first-order valence-corrected chi connectivity index (χ1v) is 6.79. The Labute approximate surface area is 106 Å². The normalized spacial score (nSPS) is 12.1. The Balaban J connectivity index is 2.69. The molecule has 1 rings (SSSR count). The van der Waals surface area contributed by atoms with Crippen LogP contribution < -0.4 is 11.1 Å². The highest BCUT2D eigenvalue weighted by Crippen LogP contribution is 2.20. The van der Waals surface area contributed by atoms with Crippen LogP contribution >= 0.6 is 11.8 Å². The molecule has 94 valence electrons. The van der Waals surface area contributed by atoms with Gasteiger partial charge in [0.1, 0.15) is 0 Å². The summed E-state index contributed by atoms with van der Waals surface area (Å²) in [5, 5.41) is 12.1. The number of benzene rings is 1. The van der Waals surface area contributed by atoms with Crippen molar-refractivity contribution in [3.8, 4) is 0 Å². The van der Waals surface area contributed by atoms with E-state index in [0.29, 0.717) is 17.3 Å². The molecule has 0 spiro atoms. The van der Waals surface area contributed by atoms with E-state index in [2.05, 4.69) is 18.5 Å². The van der Waals surface area contributed by atoms with Gasteiger partial charge in [0.25, 0.3) is 0 Å². The van der Waals surface area contributed by atoms with Crippen LogP contribution in [0.15, 0.2) is 18.2 Å². The number of nitrogens with one attached hydrogen (secondary N) is 1. The molecule has 4 nitrogen and oxygen atoms in total. The fourth-order valence-corrected chi connectivity index (χ4v) is 2.16. The Morgan fingerprint density at radius 3 is 2.88 bits per heavy atom. The van der Waals surface area contributed by atoms with Crippen LogP contribution in [0.1, 0.15) is 17.3 Å². The fraction of sp³-hybridized carbons (Fsp3) is 0.417. The zero-order chi connectivity index (χ0) is 12.8. The number of carbonyl (C=O) groups is 1. The summed E-state index contributed by atoms with van der Waals surface area (Å²) in [6.45, 7) is 2.93. The average molecular weight is 254 g/mol. The molecule has 0 saturated carbocycles. The molecule has 0 fully saturated rings. The molecule has 1 aromatic rings. The molecule has 1 aromatic carbocycles. The van der Waals surface area contributed by atoms with Crippen LogP contribution in [-0.4, -0.2) is 29.6 Å². The lowest BCUT2D eigenvalue weighted by atomic mass is 10.1. The van der Waals surface area contributed by atoms with E-state index in [0.717, 1.165) is 12.3 Å². The van der Waals surface area contributed by atoms with E-state index in [9.17, 15) is 4.79 Å². The summed E-state index contributed by atoms with van der Waals surface area (Å²) >= 11 is 1.79. The van der Waals surface area contributed by atoms with Crippen LogP contribution in [0, 0.1) is 5.92 Å². The number of hydrogen-bond donors (Lipinski definition) is 3. The van der Waals surface area contributed by atoms with Gasteiger partial charge in [0.05, 0.1) is 16.9 Å². The number of thioether (sulfide) groups is 1. The lowest BCUT2D eigenvalue weighted by molar-refractivity contribution is 0.0697. The van der Waals surface area contributed by atoms with E-state index in [1.54, 1.807) is 23.9 Å². The third-order valence-corrected chi connectivity index (χ3v) is 3.29. The summed E-state index contributed by atoms with van der Waals surface area (Å²) in [6, 6.07) is 4.70. The lowest BCUT2D eigenvalue weighted by Crippen LogP contribution is -2.14. The monoisotopic (exact) mass is 254 g/mol. The first kappa shape index (κ1) is 13.7. The quantitative estimate of drug-likeness (QED) is 0.680. The summed E-state index contributed by atoms with van der Waals surface area (Å²) in [7, 11) is 0. The predicted molar refractivity (Wildman–Crippen MR) is 73.8 cm³/mol. The standard InChI is InChI=1S/C12H18N2O2S/c1-8(7-17-2)6-14-11-5-9(12(15)16)3-4-10(11)13/h3-5,8,14H,6-7,13H2,1-2H3,(H,15,16). The molecule has 0 heterocycles. The van der Waals surface area contributed by atoms with Crippen molar-refractivity contribution < 1.29 is 9.90 Å². The number of nitrogen functional groups attached to an aromatic ring is 1. The zero-order valence-electron chi connectivity index (χ0n) is 10.1. The maximum atomic E-state index is 10.8. The maximum Gasteiger partial charge on any atom is 0.335 e. The number of rotatable bonds is 6. The highest BCUT2D eigenvalue weighted by atomic mass is 32.2. The first-order chi connectivity index (χ1) is 8.04. The molecule has 0 aliphatic heterocycles. The topological polar surface area (TPSA) is 75.3 Å². The van der Waals surface area contributed by atoms with Crippen LogP contribution in [0.3, 0.4) is 0 Å². The van der Waals surface area contributed by atoms with Gasteiger partial charge >= 0.3 is 5.97 Å². The van der Waals surface area contributed by atoms with Crippen LogP contribution in [0.25, 0.3) is 0 Å². The van der Waals surface area contributed by atoms with E-state index >= 15 is 0 Å². The molecule has 4 N–H and O–H groups in total. The molecular formula is C12H18N2O2S. The molecule has 0 bridgehead atoms. The van der Waals surface area contributed by atoms with Crippen molar-refractivity contribution in [2.24, 2.45) is 5.92 Å². The van der Waals surface area contributed by atoms with Gasteiger partial charge in [-0.1, -0.05) is 6.92 Å². The van der Waals surface area contributed by atoms with E-state index in [-0.39, 0.29) is 5.56 Å². The van der Waals surface area contributed by atoms with Crippen LogP contribution in [0.4, 0.5) is 11.4 Å². The van der Waals surface area contributed by atoms with Gasteiger partial charge in [0.15, 0.2) is 0 Å². The SMILES string of the molecule is CSCC(C)CNc1cc(C(=O)O)ccc1N. The second-order valence-electron chi connectivity index (χ2n) is 4.05. The van der Waals surface area contributed by atoms with Gasteiger partial charge in [-0.3, -0.25) is 0 Å². The van der Waals surface area contributed by atoms with Crippen molar-refractivity contribution in [1.82, 2.24) is 0 Å². The maximum absolute atomic E-state index is 10.8. The van der Waals surface area contributed by atoms with Gasteiger partial charge in [-0.25, -0.2) is 4.79 Å². The Hall–Kier alpha value is -1.36. The number of hydrogen-bond acceptors (Lipinski definition) is 4. The van der Waals surface area contributed by atoms with Crippen LogP contribution in [0.2, 0.25) is 0 Å². The van der Waals surface area contributed by atoms with Crippen LogP contribution in [-0.2, 0) is 0 Å². The molecule has 0 amide bonds. The second kappa shape index (κ2) is 6.39. The Bertz CT molecular complexity index is 396. The molecule has 5 heteroatoms. The summed E-state index contributed by atoms with van der Waals surface area (Å²) < 4.78 is 0. The van der Waals surface area contributed by atoms with E-state index < -0.39 is 5.97 Å². The van der Waals surface area contributed by atoms with Gasteiger partial charge in [-0.15, -0.1) is 0 Å². The summed E-state index contributed by atoms with van der Waals surface area (Å²) in [6.07, 6.45) is 2.07. The molecule has 17 heavy (non-hydrogen) atoms. The largest absolute Gasteiger partial charge is 0.478 e. The third-order valence-electron chi connectivity index (χ3n) is 2.39. The number of carboxylic acid groups (broad SMARTS) is 1. The minimum atomic E-state index is -0.940. The summed E-state index contributed by atoms with van der Waals surface area (Å²) in [5.41, 5.74) is 7.31. The van der Waals surface area contributed by atoms with Gasteiger partial charge in [0.2, 0.25) is 0 Å². The van der Waals surface area contributed by atoms with Crippen molar-refractivity contribution in [2.75, 3.05) is 29.6 Å². The Morgan fingerprint density at radius 1 is 1.59 bits per heavy atom. The molecule has 1 unspecified atom stereocenters. The van der Waals surface area contributed by atoms with E-state index in [1.165, 1.54) is 6.07 Å².